The van der Waals surface area contributed by atoms with E-state index in [9.17, 15) is 17.2 Å². The predicted molar refractivity (Wildman–Crippen MR) is 50.1 cm³/mol. The molecule has 90 valence electrons. The number of sulfonamides is 1. The normalized spacial score (nSPS) is 14.6. The van der Waals surface area contributed by atoms with Crippen LogP contribution in [0.4, 0.5) is 8.78 Å². The van der Waals surface area contributed by atoms with Gasteiger partial charge in [0.1, 0.15) is 5.84 Å². The van der Waals surface area contributed by atoms with Crippen LogP contribution in [0, 0.1) is 5.41 Å². The van der Waals surface area contributed by atoms with Crippen molar-refractivity contribution in [3.8, 4) is 0 Å². The molecular formula is C6H13F2N3O3S. The monoisotopic (exact) mass is 245 g/mol. The molecule has 0 fully saturated rings. The molecule has 0 aromatic heterocycles. The van der Waals surface area contributed by atoms with Crippen LogP contribution in [0.2, 0.25) is 0 Å². The molecule has 6 nitrogen and oxygen atoms in total. The molecule has 0 unspecified atom stereocenters. The van der Waals surface area contributed by atoms with Gasteiger partial charge in [-0.2, -0.15) is 8.78 Å². The Bertz CT molecular complexity index is 340. The highest BCUT2D eigenvalue weighted by atomic mass is 32.2. The van der Waals surface area contributed by atoms with Crippen LogP contribution in [0.25, 0.3) is 0 Å². The second kappa shape index (κ2) is 4.71. The molecule has 15 heavy (non-hydrogen) atoms. The Hall–Kier alpha value is -0.960. The number of nitrogens with one attached hydrogen (secondary N) is 1. The summed E-state index contributed by atoms with van der Waals surface area (Å²) in [4.78, 5) is 0. The lowest BCUT2D eigenvalue weighted by Crippen LogP contribution is -2.43. The second-order valence-corrected chi connectivity index (χ2v) is 5.23. The average molecular weight is 245 g/mol. The zero-order valence-electron chi connectivity index (χ0n) is 8.24. The third-order valence-electron chi connectivity index (χ3n) is 1.75. The van der Waals surface area contributed by atoms with Crippen molar-refractivity contribution in [2.24, 2.45) is 16.3 Å². The SMILES string of the molecule is CC(C)(CNS(=O)(=O)C(F)F)C(N)=NO. The summed E-state index contributed by atoms with van der Waals surface area (Å²) >= 11 is 0. The van der Waals surface area contributed by atoms with E-state index in [1.165, 1.54) is 13.8 Å². The van der Waals surface area contributed by atoms with Crippen LogP contribution in [0.5, 0.6) is 0 Å². The molecule has 0 spiro atoms. The molecule has 0 aromatic rings. The molecule has 4 N–H and O–H groups in total. The third-order valence-corrected chi connectivity index (χ3v) is 2.77. The van der Waals surface area contributed by atoms with Crippen LogP contribution < -0.4 is 10.5 Å². The quantitative estimate of drug-likeness (QED) is 0.272. The zero-order chi connectivity index (χ0) is 12.3. The van der Waals surface area contributed by atoms with Crippen molar-refractivity contribution >= 4 is 15.9 Å². The summed E-state index contributed by atoms with van der Waals surface area (Å²) in [6.45, 7) is 2.50. The number of hydrogen-bond acceptors (Lipinski definition) is 4. The minimum Gasteiger partial charge on any atom is -0.409 e. The van der Waals surface area contributed by atoms with Crippen LogP contribution >= 0.6 is 0 Å². The summed E-state index contributed by atoms with van der Waals surface area (Å²) in [7, 11) is -4.65. The molecule has 0 aliphatic carbocycles. The van der Waals surface area contributed by atoms with Gasteiger partial charge in [-0.1, -0.05) is 19.0 Å². The van der Waals surface area contributed by atoms with Crippen molar-refractivity contribution in [1.82, 2.24) is 4.72 Å². The molecule has 0 rings (SSSR count). The number of nitrogens with two attached hydrogens (primary N) is 1. The van der Waals surface area contributed by atoms with Crippen molar-refractivity contribution in [3.63, 3.8) is 0 Å². The lowest BCUT2D eigenvalue weighted by Gasteiger charge is -2.22. The van der Waals surface area contributed by atoms with Gasteiger partial charge >= 0.3 is 5.76 Å². The van der Waals surface area contributed by atoms with Gasteiger partial charge < -0.3 is 10.9 Å². The van der Waals surface area contributed by atoms with Crippen molar-refractivity contribution in [1.29, 1.82) is 0 Å². The van der Waals surface area contributed by atoms with Crippen LogP contribution in [0.15, 0.2) is 5.16 Å². The van der Waals surface area contributed by atoms with E-state index in [0.717, 1.165) is 0 Å². The minimum absolute atomic E-state index is 0.250. The zero-order valence-corrected chi connectivity index (χ0v) is 9.05. The first-order valence-corrected chi connectivity index (χ1v) is 5.43. The summed E-state index contributed by atoms with van der Waals surface area (Å²) < 4.78 is 46.9. The Labute approximate surface area is 86.2 Å². The summed E-state index contributed by atoms with van der Waals surface area (Å²) in [6, 6.07) is 0. The highest BCUT2D eigenvalue weighted by Crippen LogP contribution is 2.14. The van der Waals surface area contributed by atoms with Crippen LogP contribution in [-0.2, 0) is 10.0 Å². The number of nitrogens with zero attached hydrogens (tertiary/aromatic N) is 1. The number of halogens is 2. The highest BCUT2D eigenvalue weighted by molar-refractivity contribution is 7.89. The maximum absolute atomic E-state index is 11.9. The standard InChI is InChI=1S/C6H13F2N3O3S/c1-6(2,4(9)11-12)3-10-15(13,14)5(7)8/h5,10,12H,3H2,1-2H3,(H2,9,11). The summed E-state index contributed by atoms with van der Waals surface area (Å²) in [5.41, 5.74) is 4.19. The Morgan fingerprint density at radius 1 is 1.60 bits per heavy atom. The van der Waals surface area contributed by atoms with Gasteiger partial charge in [0.05, 0.1) is 0 Å². The van der Waals surface area contributed by atoms with Crippen LogP contribution in [-0.4, -0.2) is 31.8 Å². The summed E-state index contributed by atoms with van der Waals surface area (Å²) in [5, 5.41) is 11.0. The van der Waals surface area contributed by atoms with Gasteiger partial charge in [-0.25, -0.2) is 13.1 Å². The predicted octanol–water partition coefficient (Wildman–Crippen LogP) is -0.0990. The topological polar surface area (TPSA) is 105 Å². The smallest absolute Gasteiger partial charge is 0.350 e. The maximum Gasteiger partial charge on any atom is 0.350 e. The Morgan fingerprint density at radius 3 is 2.40 bits per heavy atom. The number of rotatable bonds is 5. The van der Waals surface area contributed by atoms with Crippen molar-refractivity contribution in [2.75, 3.05) is 6.54 Å². The van der Waals surface area contributed by atoms with Crippen molar-refractivity contribution < 1.29 is 22.4 Å². The molecular weight excluding hydrogens is 232 g/mol. The lowest BCUT2D eigenvalue weighted by atomic mass is 9.93. The second-order valence-electron chi connectivity index (χ2n) is 3.50. The van der Waals surface area contributed by atoms with Gasteiger partial charge in [0.15, 0.2) is 0 Å². The van der Waals surface area contributed by atoms with Crippen LogP contribution in [0.3, 0.4) is 0 Å². The molecule has 0 amide bonds. The molecule has 9 heteroatoms. The molecule has 0 saturated heterocycles. The maximum atomic E-state index is 11.9. The van der Waals surface area contributed by atoms with E-state index in [0.29, 0.717) is 0 Å². The number of alkyl halides is 2. The van der Waals surface area contributed by atoms with Crippen LogP contribution in [0.1, 0.15) is 13.8 Å². The number of oxime groups is 1. The van der Waals surface area contributed by atoms with Gasteiger partial charge in [0, 0.05) is 12.0 Å². The molecule has 0 aliphatic heterocycles. The van der Waals surface area contributed by atoms with E-state index in [-0.39, 0.29) is 12.4 Å². The molecule has 0 aromatic carbocycles. The highest BCUT2D eigenvalue weighted by Gasteiger charge is 2.29. The fraction of sp³-hybridized carbons (Fsp3) is 0.833. The van der Waals surface area contributed by atoms with Gasteiger partial charge in [-0.3, -0.25) is 0 Å². The molecule has 0 aliphatic rings. The molecule has 0 saturated carbocycles. The molecule has 0 radical (unpaired) electrons. The van der Waals surface area contributed by atoms with E-state index in [1.807, 2.05) is 0 Å². The van der Waals surface area contributed by atoms with Gasteiger partial charge in [-0.15, -0.1) is 0 Å². The number of hydrogen-bond donors (Lipinski definition) is 3. The summed E-state index contributed by atoms with van der Waals surface area (Å²) in [6.07, 6.45) is 0. The Kier molecular flexibility index (Phi) is 4.41. The van der Waals surface area contributed by atoms with Gasteiger partial charge in [-0.05, 0) is 0 Å². The Balaban J connectivity index is 4.54. The van der Waals surface area contributed by atoms with Crippen molar-refractivity contribution in [3.05, 3.63) is 0 Å². The average Bonchev–Trinajstić information content (AvgIpc) is 2.13. The van der Waals surface area contributed by atoms with E-state index in [2.05, 4.69) is 5.16 Å². The lowest BCUT2D eigenvalue weighted by molar-refractivity contribution is 0.231. The van der Waals surface area contributed by atoms with E-state index >= 15 is 0 Å². The third kappa shape index (κ3) is 3.96. The first kappa shape index (κ1) is 14.0. The largest absolute Gasteiger partial charge is 0.409 e. The Morgan fingerprint density at radius 2 is 2.07 bits per heavy atom. The van der Waals surface area contributed by atoms with E-state index < -0.39 is 21.2 Å². The van der Waals surface area contributed by atoms with E-state index in [1.54, 1.807) is 4.72 Å². The fourth-order valence-electron chi connectivity index (χ4n) is 0.570. The van der Waals surface area contributed by atoms with Crippen molar-refractivity contribution in [2.45, 2.75) is 19.6 Å². The first-order valence-electron chi connectivity index (χ1n) is 3.88. The van der Waals surface area contributed by atoms with Gasteiger partial charge in [0.25, 0.3) is 10.0 Å². The minimum atomic E-state index is -4.65. The molecule has 0 bridgehead atoms. The molecule has 0 heterocycles. The first-order chi connectivity index (χ1) is 6.63. The molecule has 0 atom stereocenters. The number of amidine groups is 1. The van der Waals surface area contributed by atoms with Gasteiger partial charge in [0.2, 0.25) is 0 Å². The fourth-order valence-corrected chi connectivity index (χ4v) is 1.26. The van der Waals surface area contributed by atoms with E-state index in [4.69, 9.17) is 10.9 Å². The summed E-state index contributed by atoms with van der Waals surface area (Å²) in [5.74, 6) is -3.75.